The molecular weight excluding hydrogens is 256 g/mol. The lowest BCUT2D eigenvalue weighted by Crippen LogP contribution is -1.99. The number of aliphatic hydroxyl groups excluding tert-OH is 1. The van der Waals surface area contributed by atoms with E-state index < -0.39 is 12.1 Å². The molecule has 0 aliphatic carbocycles. The zero-order chi connectivity index (χ0) is 14.1. The van der Waals surface area contributed by atoms with E-state index in [0.717, 1.165) is 10.8 Å². The van der Waals surface area contributed by atoms with E-state index in [2.05, 4.69) is 0 Å². The summed E-state index contributed by atoms with van der Waals surface area (Å²) in [6, 6.07) is 16.1. The number of carbonyl (C=O) groups is 1. The summed E-state index contributed by atoms with van der Waals surface area (Å²) in [7, 11) is 0. The lowest BCUT2D eigenvalue weighted by Gasteiger charge is -2.11. The molecule has 0 aliphatic heterocycles. The summed E-state index contributed by atoms with van der Waals surface area (Å²) in [6.07, 6.45) is -0.991. The molecule has 1 heterocycles. The topological polar surface area (TPSA) is 70.7 Å². The molecule has 100 valence electrons. The van der Waals surface area contributed by atoms with Crippen LogP contribution in [0, 0.1) is 0 Å². The van der Waals surface area contributed by atoms with Gasteiger partial charge in [-0.05, 0) is 28.5 Å². The number of carboxylic acid groups (broad SMARTS) is 1. The van der Waals surface area contributed by atoms with Crippen molar-refractivity contribution in [2.75, 3.05) is 0 Å². The Labute approximate surface area is 114 Å². The van der Waals surface area contributed by atoms with Crippen LogP contribution in [0.1, 0.15) is 28.0 Å². The van der Waals surface area contributed by atoms with Crippen LogP contribution in [-0.4, -0.2) is 16.2 Å². The molecule has 1 aromatic heterocycles. The summed E-state index contributed by atoms with van der Waals surface area (Å²) >= 11 is 0. The van der Waals surface area contributed by atoms with Gasteiger partial charge in [0.25, 0.3) is 0 Å². The van der Waals surface area contributed by atoms with Crippen molar-refractivity contribution in [3.63, 3.8) is 0 Å². The first-order valence-corrected chi connectivity index (χ1v) is 6.15. The monoisotopic (exact) mass is 268 g/mol. The Hall–Kier alpha value is -2.59. The van der Waals surface area contributed by atoms with Gasteiger partial charge in [0.15, 0.2) is 0 Å². The van der Waals surface area contributed by atoms with Gasteiger partial charge in [-0.25, -0.2) is 4.79 Å². The van der Waals surface area contributed by atoms with Gasteiger partial charge in [0.2, 0.25) is 5.76 Å². The molecule has 0 fully saturated rings. The van der Waals surface area contributed by atoms with E-state index in [0.29, 0.717) is 5.56 Å². The van der Waals surface area contributed by atoms with Crippen LogP contribution in [-0.2, 0) is 0 Å². The smallest absolute Gasteiger partial charge is 0.371 e. The van der Waals surface area contributed by atoms with Crippen LogP contribution in [0.2, 0.25) is 0 Å². The fraction of sp³-hybridized carbons (Fsp3) is 0.0625. The Kier molecular flexibility index (Phi) is 3.00. The van der Waals surface area contributed by atoms with Gasteiger partial charge in [0, 0.05) is 0 Å². The third-order valence-electron chi connectivity index (χ3n) is 3.23. The minimum Gasteiger partial charge on any atom is -0.475 e. The lowest BCUT2D eigenvalue weighted by molar-refractivity contribution is 0.0655. The van der Waals surface area contributed by atoms with Gasteiger partial charge in [-0.15, -0.1) is 0 Å². The first-order valence-electron chi connectivity index (χ1n) is 6.15. The van der Waals surface area contributed by atoms with Gasteiger partial charge in [0.1, 0.15) is 11.9 Å². The zero-order valence-electron chi connectivity index (χ0n) is 10.5. The number of carboxylic acids is 1. The number of benzene rings is 2. The highest BCUT2D eigenvalue weighted by molar-refractivity contribution is 5.86. The predicted molar refractivity (Wildman–Crippen MR) is 73.7 cm³/mol. The minimum atomic E-state index is -1.15. The fourth-order valence-electron chi connectivity index (χ4n) is 2.26. The van der Waals surface area contributed by atoms with Crippen LogP contribution >= 0.6 is 0 Å². The zero-order valence-corrected chi connectivity index (χ0v) is 10.5. The maximum Gasteiger partial charge on any atom is 0.371 e. The van der Waals surface area contributed by atoms with Crippen LogP contribution in [0.4, 0.5) is 0 Å². The largest absolute Gasteiger partial charge is 0.475 e. The number of aromatic carboxylic acids is 1. The Balaban J connectivity index is 2.07. The van der Waals surface area contributed by atoms with Gasteiger partial charge in [-0.1, -0.05) is 42.5 Å². The second-order valence-corrected chi connectivity index (χ2v) is 4.48. The van der Waals surface area contributed by atoms with E-state index in [4.69, 9.17) is 9.52 Å². The minimum absolute atomic E-state index is 0.181. The van der Waals surface area contributed by atoms with E-state index in [-0.39, 0.29) is 11.5 Å². The molecule has 3 aromatic rings. The first-order chi connectivity index (χ1) is 9.66. The summed E-state index contributed by atoms with van der Waals surface area (Å²) in [5.41, 5.74) is 0.689. The SMILES string of the molecule is O=C(O)c1ccc(C(O)c2cccc3ccccc23)o1. The molecule has 3 rings (SSSR count). The quantitative estimate of drug-likeness (QED) is 0.765. The number of furan rings is 1. The van der Waals surface area contributed by atoms with Gasteiger partial charge in [0.05, 0.1) is 0 Å². The maximum atomic E-state index is 10.8. The van der Waals surface area contributed by atoms with Crippen LogP contribution < -0.4 is 0 Å². The second-order valence-electron chi connectivity index (χ2n) is 4.48. The molecule has 20 heavy (non-hydrogen) atoms. The standard InChI is InChI=1S/C16H12O4/c17-15(13-8-9-14(20-13)16(18)19)12-7-3-5-10-4-1-2-6-11(10)12/h1-9,15,17H,(H,18,19). The van der Waals surface area contributed by atoms with Crippen LogP contribution in [0.3, 0.4) is 0 Å². The Bertz CT molecular complexity index is 768. The molecule has 4 heteroatoms. The van der Waals surface area contributed by atoms with Gasteiger partial charge >= 0.3 is 5.97 Å². The van der Waals surface area contributed by atoms with Crippen LogP contribution in [0.15, 0.2) is 59.0 Å². The van der Waals surface area contributed by atoms with Crippen molar-refractivity contribution in [1.29, 1.82) is 0 Å². The third kappa shape index (κ3) is 2.06. The maximum absolute atomic E-state index is 10.8. The molecule has 0 spiro atoms. The molecule has 1 atom stereocenters. The number of rotatable bonds is 3. The third-order valence-corrected chi connectivity index (χ3v) is 3.23. The van der Waals surface area contributed by atoms with E-state index >= 15 is 0 Å². The molecule has 0 saturated heterocycles. The number of hydrogen-bond acceptors (Lipinski definition) is 3. The first kappa shape index (κ1) is 12.4. The van der Waals surface area contributed by atoms with Crippen LogP contribution in [0.25, 0.3) is 10.8 Å². The second kappa shape index (κ2) is 4.83. The summed E-state index contributed by atoms with van der Waals surface area (Å²) in [5.74, 6) is -1.11. The molecule has 0 radical (unpaired) electrons. The molecular formula is C16H12O4. The molecule has 0 bridgehead atoms. The number of fused-ring (bicyclic) bond motifs is 1. The number of hydrogen-bond donors (Lipinski definition) is 2. The average Bonchev–Trinajstić information content (AvgIpc) is 2.96. The van der Waals surface area contributed by atoms with E-state index in [1.54, 1.807) is 6.07 Å². The van der Waals surface area contributed by atoms with Gasteiger partial charge in [-0.3, -0.25) is 0 Å². The van der Waals surface area contributed by atoms with E-state index in [9.17, 15) is 9.90 Å². The van der Waals surface area contributed by atoms with Crippen LogP contribution in [0.5, 0.6) is 0 Å². The summed E-state index contributed by atoms with van der Waals surface area (Å²) in [6.45, 7) is 0. The highest BCUT2D eigenvalue weighted by atomic mass is 16.4. The summed E-state index contributed by atoms with van der Waals surface area (Å²) in [5, 5.41) is 21.2. The summed E-state index contributed by atoms with van der Waals surface area (Å²) < 4.78 is 5.16. The number of aliphatic hydroxyl groups is 1. The van der Waals surface area contributed by atoms with Crippen molar-refractivity contribution >= 4 is 16.7 Å². The summed E-state index contributed by atoms with van der Waals surface area (Å²) in [4.78, 5) is 10.8. The molecule has 4 nitrogen and oxygen atoms in total. The van der Waals surface area contributed by atoms with Crippen molar-refractivity contribution in [2.45, 2.75) is 6.10 Å². The molecule has 2 N–H and O–H groups in total. The van der Waals surface area contributed by atoms with Crippen molar-refractivity contribution in [2.24, 2.45) is 0 Å². The molecule has 0 saturated carbocycles. The van der Waals surface area contributed by atoms with Crippen molar-refractivity contribution in [3.05, 3.63) is 71.7 Å². The Morgan fingerprint density at radius 3 is 2.50 bits per heavy atom. The van der Waals surface area contributed by atoms with Gasteiger partial charge < -0.3 is 14.6 Å². The fourth-order valence-corrected chi connectivity index (χ4v) is 2.26. The van der Waals surface area contributed by atoms with E-state index in [1.165, 1.54) is 12.1 Å². The van der Waals surface area contributed by atoms with Crippen molar-refractivity contribution in [1.82, 2.24) is 0 Å². The lowest BCUT2D eigenvalue weighted by atomic mass is 9.99. The van der Waals surface area contributed by atoms with Gasteiger partial charge in [-0.2, -0.15) is 0 Å². The average molecular weight is 268 g/mol. The predicted octanol–water partition coefficient (Wildman–Crippen LogP) is 3.21. The highest BCUT2D eigenvalue weighted by Gasteiger charge is 2.18. The molecule has 2 aromatic carbocycles. The molecule has 0 amide bonds. The Morgan fingerprint density at radius 1 is 1.00 bits per heavy atom. The Morgan fingerprint density at radius 2 is 1.75 bits per heavy atom. The van der Waals surface area contributed by atoms with Crippen molar-refractivity contribution in [3.8, 4) is 0 Å². The normalized spacial score (nSPS) is 12.4. The van der Waals surface area contributed by atoms with E-state index in [1.807, 2.05) is 36.4 Å². The molecule has 0 aliphatic rings. The van der Waals surface area contributed by atoms with Crippen molar-refractivity contribution < 1.29 is 19.4 Å². The molecule has 1 unspecified atom stereocenters. The highest BCUT2D eigenvalue weighted by Crippen LogP contribution is 2.29.